The molecule has 0 spiro atoms. The molecular weight excluding hydrogens is 1840 g/mol. The zero-order valence-corrected chi connectivity index (χ0v) is 100. The Bertz CT molecular complexity index is 3230. The molecule has 148 heavy (non-hydrogen) atoms. The molecule has 3 N–H and O–H groups in total. The molecule has 0 saturated carbocycles. The van der Waals surface area contributed by atoms with E-state index in [4.69, 9.17) is 37.9 Å². The highest BCUT2D eigenvalue weighted by molar-refractivity contribution is 5.89. The summed E-state index contributed by atoms with van der Waals surface area (Å²) in [6.07, 6.45) is 90.9. The Morgan fingerprint density at radius 2 is 0.459 bits per heavy atom. The minimum Gasteiger partial charge on any atom is -0.459 e. The zero-order chi connectivity index (χ0) is 108. The molecule has 16 nitrogen and oxygen atoms in total. The Balaban J connectivity index is 2.70. The fourth-order valence-electron chi connectivity index (χ4n) is 23.1. The van der Waals surface area contributed by atoms with Crippen molar-refractivity contribution in [1.82, 2.24) is 0 Å². The van der Waals surface area contributed by atoms with Crippen molar-refractivity contribution in [2.75, 3.05) is 13.2 Å². The first-order chi connectivity index (χ1) is 71.7. The monoisotopic (exact) mass is 2090 g/mol. The maximum Gasteiger partial charge on any atom is 0.333 e. The van der Waals surface area contributed by atoms with Gasteiger partial charge in [0.05, 0.1) is 6.61 Å². The molecule has 4 unspecified atom stereocenters. The molecule has 0 aromatic carbocycles. The van der Waals surface area contributed by atoms with Crippen LogP contribution < -0.4 is 0 Å². The fraction of sp³-hybridized carbons (Fsp3) is 0.902. The number of ether oxygens (including phenoxy) is 8. The molecule has 2 saturated heterocycles. The molecule has 0 amide bonds. The molecular formula is C132H244O16. The summed E-state index contributed by atoms with van der Waals surface area (Å²) in [5, 5.41) is 37.5. The molecule has 868 valence electrons. The van der Waals surface area contributed by atoms with Crippen LogP contribution >= 0.6 is 0 Å². The highest BCUT2D eigenvalue weighted by Gasteiger charge is 2.56. The summed E-state index contributed by atoms with van der Waals surface area (Å²) in [4.78, 5) is 74.1. The Labute approximate surface area is 914 Å². The van der Waals surface area contributed by atoms with Crippen LogP contribution in [0.3, 0.4) is 0 Å². The lowest BCUT2D eigenvalue weighted by molar-refractivity contribution is -0.377. The van der Waals surface area contributed by atoms with E-state index in [1.807, 2.05) is 24.3 Å². The average Bonchev–Trinajstić information content (AvgIpc) is 0.769. The van der Waals surface area contributed by atoms with Gasteiger partial charge in [-0.1, -0.05) is 602 Å². The molecule has 2 fully saturated rings. The van der Waals surface area contributed by atoms with Gasteiger partial charge in [-0.05, 0) is 107 Å². The summed E-state index contributed by atoms with van der Waals surface area (Å²) in [7, 11) is 0. The van der Waals surface area contributed by atoms with Gasteiger partial charge >= 0.3 is 29.8 Å². The number of hydrogen-bond donors (Lipinski definition) is 3. The molecule has 0 bridgehead atoms. The molecule has 0 aliphatic carbocycles. The summed E-state index contributed by atoms with van der Waals surface area (Å²) < 4.78 is 52.3. The van der Waals surface area contributed by atoms with Gasteiger partial charge in [0.15, 0.2) is 24.4 Å². The second-order valence-corrected chi connectivity index (χ2v) is 48.2. The summed E-state index contributed by atoms with van der Waals surface area (Å²) >= 11 is 0. The van der Waals surface area contributed by atoms with Crippen molar-refractivity contribution in [1.29, 1.82) is 0 Å². The lowest BCUT2D eigenvalue weighted by Crippen LogP contribution is -2.66. The topological polar surface area (TPSA) is 220 Å². The molecule has 2 heterocycles. The molecule has 2 rings (SSSR count). The number of hydrogen-bond acceptors (Lipinski definition) is 16. The molecule has 0 radical (unpaired) electrons. The first-order valence-corrected chi connectivity index (χ1v) is 64.4. The van der Waals surface area contributed by atoms with Gasteiger partial charge in [0.2, 0.25) is 12.6 Å². The molecule has 0 aromatic heterocycles. The number of aliphatic hydroxyl groups excluding tert-OH is 3. The van der Waals surface area contributed by atoms with Crippen molar-refractivity contribution in [2.24, 2.45) is 47.3 Å². The largest absolute Gasteiger partial charge is 0.459 e. The van der Waals surface area contributed by atoms with E-state index in [9.17, 15) is 29.7 Å². The minimum absolute atomic E-state index is 0.00132. The highest BCUT2D eigenvalue weighted by atomic mass is 16.8. The van der Waals surface area contributed by atoms with Crippen molar-refractivity contribution >= 4 is 29.8 Å². The third-order valence-electron chi connectivity index (χ3n) is 32.3. The van der Waals surface area contributed by atoms with E-state index < -0.39 is 104 Å². The van der Waals surface area contributed by atoms with Crippen LogP contribution in [0.4, 0.5) is 0 Å². The van der Waals surface area contributed by atoms with E-state index >= 15 is 9.59 Å². The molecule has 0 aromatic rings. The van der Waals surface area contributed by atoms with Crippen LogP contribution in [-0.4, -0.2) is 120 Å². The van der Waals surface area contributed by atoms with E-state index in [0.29, 0.717) is 41.2 Å². The SMILES string of the molecule is CCCCCCCCCCCCCCCCCCCC[C@H](C)C[C@H](C)/C=C(\C)C(=O)O[C@H]1C(O)[C@H](OC(=O)/C(C)=C/[C@@H](C)C[C@@H](C)CCCCCCCCCCCCCCCC)C(CO)O[C@@H]1O[C@H]1OC(COC(=O)/C(C)=C/[C@@H](C)C[C@@H](C)CCCCCCCCCCCCCCCC)[C@@H](O)C(OC(=O)/C(C)=C/[C@@H](C)C[C@@H](C)CCCCCCCCCCCCCCCC)[C@H]1OC(=O)CCCCCCCCCCCCCCC. The van der Waals surface area contributed by atoms with E-state index in [-0.39, 0.29) is 41.2 Å². The standard InChI is InChI=1S/C132H244O16/c1-18-23-28-33-38-43-48-53-57-58-59-60-65-69-74-79-84-89-94-109(9)99-113(13)103-117(17)130(140)147-125-122(136)123(145-128(138)115(15)101-111(11)97-107(7)92-87-82-77-72-67-63-55-50-45-40-35-30-25-20-3)118(104-133)142-131(125)148-132-126(144-120(134)95-90-85-80-75-70-61-52-47-42-37-32-27-22-5)124(146-129(139)116(16)102-112(12)98-108(8)93-88-83-78-73-68-64-56-51-46-41-36-31-26-21-4)121(135)119(143-132)105-141-127(137)114(14)100-110(10)96-106(6)91-86-81-76-71-66-62-54-49-44-39-34-29-24-19-2/h100-103,106-113,118-119,121-126,131-133,135-136H,18-99,104-105H2,1-17H3/b114-100+,115-101+,116-102+,117-103+/t106-,107-,108-,109-,110-,111-,112-,113-,118?,119?,121+,122?,123+,124?,125-,126+,131+,132+/m0/s1. The van der Waals surface area contributed by atoms with Crippen molar-refractivity contribution < 1.29 is 77.2 Å². The van der Waals surface area contributed by atoms with Crippen LogP contribution in [0.1, 0.15) is 644 Å². The highest BCUT2D eigenvalue weighted by Crippen LogP contribution is 2.37. The van der Waals surface area contributed by atoms with Gasteiger partial charge < -0.3 is 53.2 Å². The number of carbonyl (C=O) groups excluding carboxylic acids is 5. The summed E-state index contributed by atoms with van der Waals surface area (Å²) in [5.41, 5.74) is 1.18. The van der Waals surface area contributed by atoms with Crippen LogP contribution in [-0.2, 0) is 61.9 Å². The Kier molecular flexibility index (Phi) is 91.3. The number of esters is 5. The summed E-state index contributed by atoms with van der Waals surface area (Å²) in [6.45, 7) is 34.2. The van der Waals surface area contributed by atoms with Gasteiger partial charge in [-0.2, -0.15) is 0 Å². The third kappa shape index (κ3) is 75.1. The maximum atomic E-state index is 15.1. The predicted molar refractivity (Wildman–Crippen MR) is 623 cm³/mol. The van der Waals surface area contributed by atoms with Crippen molar-refractivity contribution in [3.05, 3.63) is 46.6 Å². The van der Waals surface area contributed by atoms with Crippen LogP contribution in [0.15, 0.2) is 46.6 Å². The van der Waals surface area contributed by atoms with Gasteiger partial charge in [-0.15, -0.1) is 0 Å². The van der Waals surface area contributed by atoms with Gasteiger partial charge in [0, 0.05) is 28.7 Å². The Hall–Kier alpha value is -3.93. The van der Waals surface area contributed by atoms with Gasteiger partial charge in [0.1, 0.15) is 31.0 Å². The number of carbonyl (C=O) groups is 5. The first kappa shape index (κ1) is 140. The Morgan fingerprint density at radius 1 is 0.250 bits per heavy atom. The van der Waals surface area contributed by atoms with Crippen LogP contribution in [0.25, 0.3) is 0 Å². The lowest BCUT2D eigenvalue weighted by atomic mass is 9.91. The van der Waals surface area contributed by atoms with E-state index in [1.165, 1.54) is 411 Å². The smallest absolute Gasteiger partial charge is 0.333 e. The predicted octanol–water partition coefficient (Wildman–Crippen LogP) is 38.3. The van der Waals surface area contributed by atoms with Crippen molar-refractivity contribution in [3.8, 4) is 0 Å². The third-order valence-corrected chi connectivity index (χ3v) is 32.3. The van der Waals surface area contributed by atoms with Gasteiger partial charge in [-0.25, -0.2) is 19.2 Å². The number of unbranched alkanes of at least 4 members (excludes halogenated alkanes) is 68. The van der Waals surface area contributed by atoms with E-state index in [2.05, 4.69) is 90.0 Å². The van der Waals surface area contributed by atoms with Gasteiger partial charge in [0.25, 0.3) is 0 Å². The molecule has 2 aliphatic rings. The fourth-order valence-corrected chi connectivity index (χ4v) is 23.1. The molecule has 16 heteroatoms. The van der Waals surface area contributed by atoms with E-state index in [1.54, 1.807) is 27.7 Å². The number of allylic oxidation sites excluding steroid dienone is 4. The van der Waals surface area contributed by atoms with Crippen LogP contribution in [0.2, 0.25) is 0 Å². The van der Waals surface area contributed by atoms with Crippen LogP contribution in [0, 0.1) is 47.3 Å². The second-order valence-electron chi connectivity index (χ2n) is 48.2. The van der Waals surface area contributed by atoms with E-state index in [0.717, 1.165) is 103 Å². The van der Waals surface area contributed by atoms with Crippen molar-refractivity contribution in [3.63, 3.8) is 0 Å². The second kappa shape index (κ2) is 96.4. The first-order valence-electron chi connectivity index (χ1n) is 64.4. The lowest BCUT2D eigenvalue weighted by Gasteiger charge is -2.47. The number of aliphatic hydroxyl groups is 3. The molecule has 2 aliphatic heterocycles. The zero-order valence-electron chi connectivity index (χ0n) is 100. The van der Waals surface area contributed by atoms with Crippen molar-refractivity contribution in [2.45, 2.75) is 706 Å². The minimum atomic E-state index is -1.92. The molecule has 18 atom stereocenters. The normalized spacial score (nSPS) is 20.2. The Morgan fingerprint density at radius 3 is 0.709 bits per heavy atom. The quantitative estimate of drug-likeness (QED) is 0.0223. The average molecular weight is 2090 g/mol. The van der Waals surface area contributed by atoms with Crippen LogP contribution in [0.5, 0.6) is 0 Å². The summed E-state index contributed by atoms with van der Waals surface area (Å²) in [6, 6.07) is 0. The van der Waals surface area contributed by atoms with Gasteiger partial charge in [-0.3, -0.25) is 4.79 Å². The summed E-state index contributed by atoms with van der Waals surface area (Å²) in [5.74, 6) is -2.17. The number of rotatable bonds is 103. The maximum absolute atomic E-state index is 15.1.